The van der Waals surface area contributed by atoms with Gasteiger partial charge in [-0.1, -0.05) is 91.0 Å². The lowest BCUT2D eigenvalue weighted by atomic mass is 9.99. The molecule has 4 aromatic rings. The first-order valence-corrected chi connectivity index (χ1v) is 10.3. The minimum Gasteiger partial charge on any atom is -0.285 e. The fourth-order valence-electron chi connectivity index (χ4n) is 3.71. The highest BCUT2D eigenvalue weighted by atomic mass is 16.2. The summed E-state index contributed by atoms with van der Waals surface area (Å²) in [5, 5.41) is 0. The third-order valence-corrected chi connectivity index (χ3v) is 5.29. The van der Waals surface area contributed by atoms with Gasteiger partial charge in [0.1, 0.15) is 0 Å². The van der Waals surface area contributed by atoms with Crippen molar-refractivity contribution < 1.29 is 9.59 Å². The molecule has 32 heavy (non-hydrogen) atoms. The average Bonchev–Trinajstić information content (AvgIpc) is 3.23. The molecule has 5 rings (SSSR count). The first-order valence-electron chi connectivity index (χ1n) is 10.3. The van der Waals surface area contributed by atoms with Crippen LogP contribution in [0.5, 0.6) is 0 Å². The van der Waals surface area contributed by atoms with E-state index in [-0.39, 0.29) is 5.56 Å². The van der Waals surface area contributed by atoms with E-state index in [1.807, 2.05) is 66.7 Å². The smallest absolute Gasteiger partial charge is 0.235 e. The summed E-state index contributed by atoms with van der Waals surface area (Å²) in [5.41, 5.74) is 5.15. The number of ketones is 2. The van der Waals surface area contributed by atoms with Crippen molar-refractivity contribution in [1.29, 1.82) is 0 Å². The van der Waals surface area contributed by atoms with Gasteiger partial charge in [0.15, 0.2) is 0 Å². The zero-order valence-corrected chi connectivity index (χ0v) is 17.1. The molecule has 0 radical (unpaired) electrons. The highest BCUT2D eigenvalue weighted by Crippen LogP contribution is 2.32. The van der Waals surface area contributed by atoms with Crippen LogP contribution in [0.2, 0.25) is 0 Å². The zero-order chi connectivity index (χ0) is 21.9. The van der Waals surface area contributed by atoms with Crippen molar-refractivity contribution in [2.24, 2.45) is 9.98 Å². The van der Waals surface area contributed by atoms with Gasteiger partial charge in [-0.25, -0.2) is 9.98 Å². The van der Waals surface area contributed by atoms with Crippen molar-refractivity contribution in [3.63, 3.8) is 0 Å². The molecule has 152 valence electrons. The lowest BCUT2D eigenvalue weighted by molar-refractivity contribution is 0.0817. The van der Waals surface area contributed by atoms with Crippen LogP contribution in [0.25, 0.3) is 0 Å². The van der Waals surface area contributed by atoms with Gasteiger partial charge < -0.3 is 0 Å². The van der Waals surface area contributed by atoms with Gasteiger partial charge in [-0.05, 0) is 18.2 Å². The number of rotatable bonds is 5. The number of hydrogen-bond donors (Lipinski definition) is 0. The average molecular weight is 414 g/mol. The molecule has 0 amide bonds. The Morgan fingerprint density at radius 2 is 1.25 bits per heavy atom. The van der Waals surface area contributed by atoms with Crippen molar-refractivity contribution in [3.05, 3.63) is 131 Å². The number of carbonyl (C=O) groups is 2. The molecule has 1 heterocycles. The fraction of sp³-hybridized carbons (Fsp3) is 0. The van der Waals surface area contributed by atoms with Gasteiger partial charge >= 0.3 is 0 Å². The predicted molar refractivity (Wildman–Crippen MR) is 127 cm³/mol. The standard InChI is InChI=1S/C28H18N2O2/c31-27(20-13-5-2-6-14-20)28(32)22-16-8-10-18-24(22)30-26-21-15-7-9-17-23(21)29-25(26)19-11-3-1-4-12-19/h1-18H. The van der Waals surface area contributed by atoms with Gasteiger partial charge in [-0.3, -0.25) is 9.59 Å². The minimum atomic E-state index is -0.583. The Balaban J connectivity index is 1.61. The van der Waals surface area contributed by atoms with Gasteiger partial charge in [0, 0.05) is 16.7 Å². The zero-order valence-electron chi connectivity index (χ0n) is 17.1. The van der Waals surface area contributed by atoms with Gasteiger partial charge in [0.2, 0.25) is 11.6 Å². The van der Waals surface area contributed by atoms with Crippen molar-refractivity contribution in [2.45, 2.75) is 0 Å². The second-order valence-corrected chi connectivity index (χ2v) is 7.35. The normalized spacial score (nSPS) is 13.5. The molecule has 0 aliphatic carbocycles. The van der Waals surface area contributed by atoms with Gasteiger partial charge in [0.25, 0.3) is 0 Å². The van der Waals surface area contributed by atoms with Crippen LogP contribution in [0.4, 0.5) is 11.4 Å². The maximum Gasteiger partial charge on any atom is 0.235 e. The highest BCUT2D eigenvalue weighted by Gasteiger charge is 2.25. The van der Waals surface area contributed by atoms with E-state index >= 15 is 0 Å². The monoisotopic (exact) mass is 414 g/mol. The number of hydrogen-bond acceptors (Lipinski definition) is 4. The number of aliphatic imine (C=N–C) groups is 2. The molecular formula is C28H18N2O2. The van der Waals surface area contributed by atoms with E-state index in [1.54, 1.807) is 42.5 Å². The molecular weight excluding hydrogens is 396 g/mol. The van der Waals surface area contributed by atoms with E-state index in [2.05, 4.69) is 0 Å². The lowest BCUT2D eigenvalue weighted by Gasteiger charge is -2.08. The molecule has 1 aliphatic rings. The number of nitrogens with zero attached hydrogens (tertiary/aromatic N) is 2. The predicted octanol–water partition coefficient (Wildman–Crippen LogP) is 6.01. The highest BCUT2D eigenvalue weighted by molar-refractivity contribution is 6.57. The summed E-state index contributed by atoms with van der Waals surface area (Å²) in [6.07, 6.45) is 0. The maximum absolute atomic E-state index is 13.1. The Labute approximate surface area is 185 Å². The molecule has 0 unspecified atom stereocenters. The van der Waals surface area contributed by atoms with Crippen LogP contribution >= 0.6 is 0 Å². The summed E-state index contributed by atoms with van der Waals surface area (Å²) in [6.45, 7) is 0. The Bertz CT molecular complexity index is 1390. The molecule has 0 fully saturated rings. The van der Waals surface area contributed by atoms with Crippen LogP contribution in [0.15, 0.2) is 119 Å². The third kappa shape index (κ3) is 3.59. The number of Topliss-reactive ketones (excluding diaryl/α,β-unsaturated/α-hetero) is 2. The number of benzene rings is 4. The summed E-state index contributed by atoms with van der Waals surface area (Å²) in [5.74, 6) is -1.14. The molecule has 4 aromatic carbocycles. The number of carbonyl (C=O) groups excluding carboxylic acids is 2. The fourth-order valence-corrected chi connectivity index (χ4v) is 3.71. The molecule has 4 heteroatoms. The third-order valence-electron chi connectivity index (χ3n) is 5.29. The summed E-state index contributed by atoms with van der Waals surface area (Å²) in [6, 6.07) is 33.1. The molecule has 0 atom stereocenters. The van der Waals surface area contributed by atoms with E-state index in [4.69, 9.17) is 9.98 Å². The topological polar surface area (TPSA) is 58.9 Å². The summed E-state index contributed by atoms with van der Waals surface area (Å²) in [7, 11) is 0. The first-order chi connectivity index (χ1) is 15.7. The molecule has 4 nitrogen and oxygen atoms in total. The Kier molecular flexibility index (Phi) is 5.10. The molecule has 0 bridgehead atoms. The lowest BCUT2D eigenvalue weighted by Crippen LogP contribution is -2.16. The van der Waals surface area contributed by atoms with E-state index in [0.29, 0.717) is 17.0 Å². The molecule has 0 saturated carbocycles. The van der Waals surface area contributed by atoms with Gasteiger partial charge in [-0.2, -0.15) is 0 Å². The molecule has 0 saturated heterocycles. The summed E-state index contributed by atoms with van der Waals surface area (Å²) < 4.78 is 0. The molecule has 1 aliphatic heterocycles. The van der Waals surface area contributed by atoms with Crippen molar-refractivity contribution >= 4 is 34.4 Å². The van der Waals surface area contributed by atoms with E-state index in [9.17, 15) is 9.59 Å². The SMILES string of the molecule is O=C(C(=O)c1ccccc1N=C1C(c2ccccc2)=Nc2ccccc21)c1ccccc1. The van der Waals surface area contributed by atoms with Gasteiger partial charge in [0.05, 0.1) is 28.4 Å². The summed E-state index contributed by atoms with van der Waals surface area (Å²) in [4.78, 5) is 35.5. The Morgan fingerprint density at radius 1 is 0.625 bits per heavy atom. The van der Waals surface area contributed by atoms with Crippen LogP contribution in [-0.2, 0) is 0 Å². The van der Waals surface area contributed by atoms with Crippen molar-refractivity contribution in [1.82, 2.24) is 0 Å². The first kappa shape index (κ1) is 19.5. The van der Waals surface area contributed by atoms with Gasteiger partial charge in [-0.15, -0.1) is 0 Å². The Morgan fingerprint density at radius 3 is 2.03 bits per heavy atom. The molecule has 0 N–H and O–H groups in total. The number of fused-ring (bicyclic) bond motifs is 1. The largest absolute Gasteiger partial charge is 0.285 e. The quantitative estimate of drug-likeness (QED) is 0.297. The van der Waals surface area contributed by atoms with Crippen molar-refractivity contribution in [3.8, 4) is 0 Å². The summed E-state index contributed by atoms with van der Waals surface area (Å²) >= 11 is 0. The van der Waals surface area contributed by atoms with Crippen LogP contribution in [-0.4, -0.2) is 23.0 Å². The Hall–Kier alpha value is -4.44. The maximum atomic E-state index is 13.1. The van der Waals surface area contributed by atoms with Crippen molar-refractivity contribution in [2.75, 3.05) is 0 Å². The second-order valence-electron chi connectivity index (χ2n) is 7.35. The van der Waals surface area contributed by atoms with E-state index in [1.165, 1.54) is 0 Å². The van der Waals surface area contributed by atoms with E-state index in [0.717, 1.165) is 22.5 Å². The van der Waals surface area contributed by atoms with Crippen LogP contribution in [0.3, 0.4) is 0 Å². The second kappa shape index (κ2) is 8.36. The van der Waals surface area contributed by atoms with E-state index < -0.39 is 11.6 Å². The molecule has 0 spiro atoms. The van der Waals surface area contributed by atoms with Crippen LogP contribution < -0.4 is 0 Å². The van der Waals surface area contributed by atoms with Crippen LogP contribution in [0.1, 0.15) is 31.8 Å². The minimum absolute atomic E-state index is 0.269. The number of para-hydroxylation sites is 2. The molecule has 0 aromatic heterocycles. The van der Waals surface area contributed by atoms with Crippen LogP contribution in [0, 0.1) is 0 Å².